The fourth-order valence-electron chi connectivity index (χ4n) is 5.41. The Kier molecular flexibility index (Phi) is 6.62. The number of aromatic nitrogens is 1. The fraction of sp³-hybridized carbons (Fsp3) is 0.241. The monoisotopic (exact) mass is 595 g/mol. The third-order valence-electron chi connectivity index (χ3n) is 7.05. The molecule has 0 spiro atoms. The average molecular weight is 596 g/mol. The van der Waals surface area contributed by atoms with E-state index in [9.17, 15) is 18.3 Å². The van der Waals surface area contributed by atoms with Gasteiger partial charge in [-0.15, -0.1) is 0 Å². The Morgan fingerprint density at radius 1 is 1.29 bits per heavy atom. The number of allylic oxidation sites excluding steroid dienone is 1. The molecule has 1 atom stereocenters. The Hall–Kier alpha value is -4.16. The van der Waals surface area contributed by atoms with E-state index in [1.165, 1.54) is 35.6 Å². The maximum atomic E-state index is 16.1. The summed E-state index contributed by atoms with van der Waals surface area (Å²) in [6, 6.07) is 9.14. The number of carbonyl (C=O) groups is 1. The molecule has 1 unspecified atom stereocenters. The van der Waals surface area contributed by atoms with E-state index in [1.54, 1.807) is 12.1 Å². The Balaban J connectivity index is 1.57. The molecular weight excluding hydrogens is 569 g/mol. The zero-order valence-electron chi connectivity index (χ0n) is 22.1. The van der Waals surface area contributed by atoms with E-state index in [4.69, 9.17) is 9.15 Å². The Bertz CT molecular complexity index is 1770. The van der Waals surface area contributed by atoms with Crippen LogP contribution in [-0.4, -0.2) is 30.2 Å². The second-order valence-electron chi connectivity index (χ2n) is 10.8. The number of benzene rings is 2. The van der Waals surface area contributed by atoms with Gasteiger partial charge in [0.05, 0.1) is 16.3 Å². The molecule has 9 nitrogen and oxygen atoms in total. The van der Waals surface area contributed by atoms with Gasteiger partial charge in [0.1, 0.15) is 41.9 Å². The lowest BCUT2D eigenvalue weighted by Crippen LogP contribution is -2.41. The highest BCUT2D eigenvalue weighted by atomic mass is 32.2. The molecule has 0 aliphatic carbocycles. The predicted molar refractivity (Wildman–Crippen MR) is 152 cm³/mol. The van der Waals surface area contributed by atoms with Crippen molar-refractivity contribution in [3.8, 4) is 11.5 Å². The first-order valence-corrected chi connectivity index (χ1v) is 15.3. The van der Waals surface area contributed by atoms with E-state index in [2.05, 4.69) is 10.3 Å². The zero-order chi connectivity index (χ0) is 28.9. The van der Waals surface area contributed by atoms with Gasteiger partial charge >= 0.3 is 0 Å². The lowest BCUT2D eigenvalue weighted by atomic mass is 9.88. The highest BCUT2D eigenvalue weighted by Crippen LogP contribution is 2.52. The molecule has 2 N–H and O–H groups in total. The minimum Gasteiger partial charge on any atom is -0.506 e. The number of hydrogen-bond donors (Lipinski definition) is 2. The van der Waals surface area contributed by atoms with Crippen molar-refractivity contribution in [2.24, 2.45) is 5.41 Å². The van der Waals surface area contributed by atoms with Crippen LogP contribution < -0.4 is 15.0 Å². The molecule has 0 bridgehead atoms. The lowest BCUT2D eigenvalue weighted by molar-refractivity contribution is 0.0975. The number of phenolic OH excluding ortho intramolecular Hbond substituents is 1. The maximum absolute atomic E-state index is 16.1. The van der Waals surface area contributed by atoms with Crippen LogP contribution in [0, 0.1) is 11.2 Å². The number of aromatic hydroxyl groups is 1. The molecule has 0 fully saturated rings. The SMILES string of the molecule is CC1(C)CC2=C(C(c3ccc(OCc4ccsc4)cc3F)N(C(=O)c3cocn3)c3cccc(O)c3N2)S(=O)(=O)C1. The molecule has 4 aromatic rings. The summed E-state index contributed by atoms with van der Waals surface area (Å²) in [4.78, 5) is 19.0. The first kappa shape index (κ1) is 27.0. The Labute approximate surface area is 239 Å². The number of para-hydroxylation sites is 1. The van der Waals surface area contributed by atoms with Crippen molar-refractivity contribution in [3.05, 3.63) is 99.1 Å². The van der Waals surface area contributed by atoms with Crippen molar-refractivity contribution in [3.63, 3.8) is 0 Å². The van der Waals surface area contributed by atoms with Crippen molar-refractivity contribution in [2.75, 3.05) is 16.0 Å². The van der Waals surface area contributed by atoms with E-state index < -0.39 is 33.0 Å². The summed E-state index contributed by atoms with van der Waals surface area (Å²) >= 11 is 1.52. The summed E-state index contributed by atoms with van der Waals surface area (Å²) in [5, 5.41) is 17.8. The van der Waals surface area contributed by atoms with Crippen molar-refractivity contribution < 1.29 is 31.9 Å². The highest BCUT2D eigenvalue weighted by molar-refractivity contribution is 7.95. The number of sulfone groups is 1. The van der Waals surface area contributed by atoms with Crippen LogP contribution in [0.4, 0.5) is 15.8 Å². The normalized spacial score (nSPS) is 19.1. The number of ether oxygens (including phenoxy) is 1. The number of nitrogens with zero attached hydrogens (tertiary/aromatic N) is 2. The molecule has 2 aromatic carbocycles. The van der Waals surface area contributed by atoms with Crippen LogP contribution in [0.25, 0.3) is 0 Å². The number of halogens is 1. The summed E-state index contributed by atoms with van der Waals surface area (Å²) in [5.74, 6) is -1.66. The number of anilines is 2. The standard InChI is InChI=1S/C29H26FN3O6S2/c1-29(2)11-21-27(41(36,37)15-29)26(19-7-6-18(10-20(19)30)39-12-17-8-9-40-14-17)33(28(35)22-13-38-16-31-22)23-4-3-5-24(34)25(23)32-21/h3-10,13-14,16,26,32,34H,11-12,15H2,1-2H3. The van der Waals surface area contributed by atoms with Crippen LogP contribution in [-0.2, 0) is 16.4 Å². The van der Waals surface area contributed by atoms with Crippen molar-refractivity contribution in [2.45, 2.75) is 32.9 Å². The molecule has 2 aliphatic heterocycles. The first-order chi connectivity index (χ1) is 19.5. The number of rotatable bonds is 5. The molecular formula is C29H26FN3O6S2. The van der Waals surface area contributed by atoms with Crippen LogP contribution in [0.15, 0.2) is 80.9 Å². The van der Waals surface area contributed by atoms with Gasteiger partial charge in [0.15, 0.2) is 21.9 Å². The predicted octanol–water partition coefficient (Wildman–Crippen LogP) is 6.03. The third kappa shape index (κ3) is 4.97. The number of oxazole rings is 1. The molecule has 2 aromatic heterocycles. The number of thiophene rings is 1. The molecule has 0 saturated heterocycles. The number of amides is 1. The molecule has 6 rings (SSSR count). The summed E-state index contributed by atoms with van der Waals surface area (Å²) in [6.07, 6.45) is 2.49. The molecule has 12 heteroatoms. The average Bonchev–Trinajstić information content (AvgIpc) is 3.60. The topological polar surface area (TPSA) is 122 Å². The van der Waals surface area contributed by atoms with E-state index in [0.717, 1.165) is 23.1 Å². The van der Waals surface area contributed by atoms with Gasteiger partial charge in [-0.05, 0) is 58.5 Å². The minimum absolute atomic E-state index is 0.0569. The largest absolute Gasteiger partial charge is 0.506 e. The zero-order valence-corrected chi connectivity index (χ0v) is 23.8. The smallest absolute Gasteiger partial charge is 0.281 e. The van der Waals surface area contributed by atoms with Crippen LogP contribution in [0.2, 0.25) is 0 Å². The highest BCUT2D eigenvalue weighted by Gasteiger charge is 2.48. The van der Waals surface area contributed by atoms with Crippen molar-refractivity contribution in [1.82, 2.24) is 4.98 Å². The van der Waals surface area contributed by atoms with Gasteiger partial charge in [-0.1, -0.05) is 19.9 Å². The van der Waals surface area contributed by atoms with Crippen molar-refractivity contribution in [1.29, 1.82) is 0 Å². The molecule has 4 heterocycles. The summed E-state index contributed by atoms with van der Waals surface area (Å²) in [5.41, 5.74) is 0.660. The van der Waals surface area contributed by atoms with Gasteiger partial charge in [-0.2, -0.15) is 11.3 Å². The molecule has 0 saturated carbocycles. The first-order valence-electron chi connectivity index (χ1n) is 12.7. The molecule has 1 amide bonds. The minimum atomic E-state index is -4.04. The van der Waals surface area contributed by atoms with E-state index >= 15 is 4.39 Å². The Morgan fingerprint density at radius 3 is 2.83 bits per heavy atom. The number of carbonyl (C=O) groups excluding carboxylic acids is 1. The molecule has 212 valence electrons. The third-order valence-corrected chi connectivity index (χ3v) is 10.1. The van der Waals surface area contributed by atoms with Crippen LogP contribution >= 0.6 is 11.3 Å². The quantitative estimate of drug-likeness (QED) is 0.268. The fourth-order valence-corrected chi connectivity index (χ4v) is 8.42. The summed E-state index contributed by atoms with van der Waals surface area (Å²) < 4.78 is 54.9. The second-order valence-corrected chi connectivity index (χ2v) is 13.5. The molecule has 41 heavy (non-hydrogen) atoms. The van der Waals surface area contributed by atoms with Gasteiger partial charge in [0, 0.05) is 17.3 Å². The summed E-state index contributed by atoms with van der Waals surface area (Å²) in [7, 11) is -4.04. The molecule has 0 radical (unpaired) electrons. The summed E-state index contributed by atoms with van der Waals surface area (Å²) in [6.45, 7) is 3.87. The number of phenols is 1. The molecule has 2 aliphatic rings. The van der Waals surface area contributed by atoms with Gasteiger partial charge in [0.2, 0.25) is 0 Å². The second kappa shape index (κ2) is 10.0. The van der Waals surface area contributed by atoms with Gasteiger partial charge in [-0.3, -0.25) is 9.69 Å². The lowest BCUT2D eigenvalue weighted by Gasteiger charge is -2.37. The van der Waals surface area contributed by atoms with Crippen LogP contribution in [0.1, 0.15) is 47.9 Å². The van der Waals surface area contributed by atoms with Crippen LogP contribution in [0.3, 0.4) is 0 Å². The number of hydrogen-bond acceptors (Lipinski definition) is 9. The Morgan fingerprint density at radius 2 is 2.12 bits per heavy atom. The number of fused-ring (bicyclic) bond motifs is 1. The van der Waals surface area contributed by atoms with E-state index in [-0.39, 0.29) is 63.5 Å². The van der Waals surface area contributed by atoms with Crippen LogP contribution in [0.5, 0.6) is 11.5 Å². The van der Waals surface area contributed by atoms with Gasteiger partial charge in [0.25, 0.3) is 5.91 Å². The van der Waals surface area contributed by atoms with Crippen molar-refractivity contribution >= 4 is 38.5 Å². The number of nitrogens with one attached hydrogen (secondary N) is 1. The van der Waals surface area contributed by atoms with E-state index in [0.29, 0.717) is 0 Å². The van der Waals surface area contributed by atoms with Gasteiger partial charge in [-0.25, -0.2) is 17.8 Å². The van der Waals surface area contributed by atoms with Gasteiger partial charge < -0.3 is 19.6 Å². The van der Waals surface area contributed by atoms with E-state index in [1.807, 2.05) is 30.7 Å². The maximum Gasteiger partial charge on any atom is 0.281 e.